The maximum atomic E-state index is 2.69. The van der Waals surface area contributed by atoms with E-state index in [9.17, 15) is 0 Å². The van der Waals surface area contributed by atoms with Crippen molar-refractivity contribution in [3.63, 3.8) is 0 Å². The quantitative estimate of drug-likeness (QED) is 0.413. The summed E-state index contributed by atoms with van der Waals surface area (Å²) in [4.78, 5) is 0. The van der Waals surface area contributed by atoms with Crippen molar-refractivity contribution in [3.8, 4) is 0 Å². The molecule has 0 aliphatic heterocycles. The van der Waals surface area contributed by atoms with E-state index in [1.54, 1.807) is 19.3 Å². The van der Waals surface area contributed by atoms with E-state index >= 15 is 0 Å². The topological polar surface area (TPSA) is 0 Å². The molecule has 0 aromatic carbocycles. The highest BCUT2D eigenvalue weighted by Crippen LogP contribution is 2.60. The molecule has 6 unspecified atom stereocenters. The van der Waals surface area contributed by atoms with Crippen LogP contribution in [0.3, 0.4) is 0 Å². The molecular formula is C28H60. The standard InChI is InChI=1S/C20H36.4C2H6/c1-14-12-13-17-10-5-6-11-18(17)19(14)20(4)15(2)8-7-9-16(20)3;4*1-2/h14-19H,5-13H2,1-4H3;4*1-2H3. The molecule has 0 nitrogen and oxygen atoms in total. The minimum atomic E-state index is 0.623. The Morgan fingerprint density at radius 3 is 1.50 bits per heavy atom. The first-order chi connectivity index (χ1) is 13.5. The molecular weight excluding hydrogens is 336 g/mol. The lowest BCUT2D eigenvalue weighted by atomic mass is 9.46. The van der Waals surface area contributed by atoms with Gasteiger partial charge in [0.1, 0.15) is 0 Å². The molecule has 6 atom stereocenters. The first-order valence-corrected chi connectivity index (χ1v) is 13.5. The van der Waals surface area contributed by atoms with Crippen LogP contribution in [0.4, 0.5) is 0 Å². The second kappa shape index (κ2) is 16.8. The van der Waals surface area contributed by atoms with Gasteiger partial charge >= 0.3 is 0 Å². The Kier molecular flexibility index (Phi) is 18.1. The lowest BCUT2D eigenvalue weighted by Gasteiger charge is -2.58. The summed E-state index contributed by atoms with van der Waals surface area (Å²) in [7, 11) is 0. The van der Waals surface area contributed by atoms with Crippen molar-refractivity contribution < 1.29 is 0 Å². The Morgan fingerprint density at radius 2 is 1.00 bits per heavy atom. The molecule has 28 heavy (non-hydrogen) atoms. The first-order valence-electron chi connectivity index (χ1n) is 13.5. The van der Waals surface area contributed by atoms with E-state index in [0.29, 0.717) is 5.41 Å². The molecule has 3 rings (SSSR count). The fourth-order valence-corrected chi connectivity index (χ4v) is 6.72. The summed E-state index contributed by atoms with van der Waals surface area (Å²) < 4.78 is 0. The van der Waals surface area contributed by atoms with Gasteiger partial charge in [0.25, 0.3) is 0 Å². The maximum absolute atomic E-state index is 2.69. The molecule has 0 aromatic rings. The zero-order chi connectivity index (χ0) is 22.3. The highest BCUT2D eigenvalue weighted by molar-refractivity contribution is 5.01. The molecule has 172 valence electrons. The summed E-state index contributed by atoms with van der Waals surface area (Å²) in [6.45, 7) is 26.4. The van der Waals surface area contributed by atoms with Crippen LogP contribution in [0.2, 0.25) is 0 Å². The van der Waals surface area contributed by atoms with Crippen molar-refractivity contribution in [1.82, 2.24) is 0 Å². The van der Waals surface area contributed by atoms with Crippen LogP contribution >= 0.6 is 0 Å². The van der Waals surface area contributed by atoms with Crippen LogP contribution in [0.5, 0.6) is 0 Å². The van der Waals surface area contributed by atoms with E-state index in [-0.39, 0.29) is 0 Å². The number of hydrogen-bond donors (Lipinski definition) is 0. The molecule has 0 heterocycles. The smallest absolute Gasteiger partial charge is 0.0241 e. The van der Waals surface area contributed by atoms with Gasteiger partial charge in [-0.25, -0.2) is 0 Å². The molecule has 0 aromatic heterocycles. The van der Waals surface area contributed by atoms with Crippen LogP contribution in [0.1, 0.15) is 141 Å². The van der Waals surface area contributed by atoms with Crippen LogP contribution in [0.15, 0.2) is 0 Å². The highest BCUT2D eigenvalue weighted by Gasteiger charge is 2.52. The Bertz CT molecular complexity index is 321. The van der Waals surface area contributed by atoms with E-state index in [2.05, 4.69) is 27.7 Å². The molecule has 3 aliphatic rings. The lowest BCUT2D eigenvalue weighted by Crippen LogP contribution is -2.51. The van der Waals surface area contributed by atoms with Gasteiger partial charge in [0.2, 0.25) is 0 Å². The van der Waals surface area contributed by atoms with Gasteiger partial charge in [0, 0.05) is 0 Å². The largest absolute Gasteiger partial charge is 0.0683 e. The van der Waals surface area contributed by atoms with Gasteiger partial charge in [-0.1, -0.05) is 128 Å². The molecule has 0 radical (unpaired) electrons. The zero-order valence-electron chi connectivity index (χ0n) is 22.3. The van der Waals surface area contributed by atoms with Crippen LogP contribution in [-0.2, 0) is 0 Å². The van der Waals surface area contributed by atoms with Gasteiger partial charge in [0.15, 0.2) is 0 Å². The van der Waals surface area contributed by atoms with Gasteiger partial charge in [-0.05, 0) is 53.8 Å². The van der Waals surface area contributed by atoms with Crippen molar-refractivity contribution in [2.75, 3.05) is 0 Å². The molecule has 0 N–H and O–H groups in total. The van der Waals surface area contributed by atoms with Crippen LogP contribution in [-0.4, -0.2) is 0 Å². The second-order valence-electron chi connectivity index (χ2n) is 8.89. The third kappa shape index (κ3) is 7.05. The molecule has 0 bridgehead atoms. The summed E-state index contributed by atoms with van der Waals surface area (Å²) in [6, 6.07) is 0. The fourth-order valence-electron chi connectivity index (χ4n) is 6.72. The van der Waals surface area contributed by atoms with E-state index in [4.69, 9.17) is 0 Å². The van der Waals surface area contributed by atoms with Crippen molar-refractivity contribution in [1.29, 1.82) is 0 Å². The molecule has 3 fully saturated rings. The van der Waals surface area contributed by atoms with Gasteiger partial charge in [-0.2, -0.15) is 0 Å². The lowest BCUT2D eigenvalue weighted by molar-refractivity contribution is -0.0965. The Morgan fingerprint density at radius 1 is 0.536 bits per heavy atom. The number of fused-ring (bicyclic) bond motifs is 1. The van der Waals surface area contributed by atoms with E-state index in [0.717, 1.165) is 35.5 Å². The summed E-state index contributed by atoms with van der Waals surface area (Å²) >= 11 is 0. The normalized spacial score (nSPS) is 39.0. The molecule has 3 aliphatic carbocycles. The highest BCUT2D eigenvalue weighted by atomic mass is 14.6. The third-order valence-electron chi connectivity index (χ3n) is 8.15. The third-order valence-corrected chi connectivity index (χ3v) is 8.15. The Labute approximate surface area is 182 Å². The SMILES string of the molecule is CC.CC.CC.CC.CC1CCC2CCCCC2C1C1(C)C(C)CCCC1C. The average Bonchev–Trinajstić information content (AvgIpc) is 2.77. The van der Waals surface area contributed by atoms with Crippen molar-refractivity contribution in [2.45, 2.75) is 141 Å². The van der Waals surface area contributed by atoms with Crippen LogP contribution in [0, 0.1) is 40.9 Å². The van der Waals surface area contributed by atoms with E-state index in [1.165, 1.54) is 38.5 Å². The van der Waals surface area contributed by atoms with Crippen molar-refractivity contribution in [3.05, 3.63) is 0 Å². The molecule has 0 spiro atoms. The van der Waals surface area contributed by atoms with E-state index in [1.807, 2.05) is 55.4 Å². The average molecular weight is 397 g/mol. The first kappa shape index (κ1) is 30.2. The molecule has 0 heteroatoms. The van der Waals surface area contributed by atoms with Crippen molar-refractivity contribution >= 4 is 0 Å². The molecule has 0 saturated heterocycles. The maximum Gasteiger partial charge on any atom is -0.0241 e. The molecule has 3 saturated carbocycles. The summed E-state index contributed by atoms with van der Waals surface area (Å²) in [5, 5.41) is 0. The van der Waals surface area contributed by atoms with Gasteiger partial charge in [-0.15, -0.1) is 0 Å². The minimum absolute atomic E-state index is 0.623. The van der Waals surface area contributed by atoms with E-state index < -0.39 is 0 Å². The summed E-state index contributed by atoms with van der Waals surface area (Å²) in [5.74, 6) is 6.04. The predicted molar refractivity (Wildman–Crippen MR) is 133 cm³/mol. The zero-order valence-corrected chi connectivity index (χ0v) is 22.3. The monoisotopic (exact) mass is 396 g/mol. The summed E-state index contributed by atoms with van der Waals surface area (Å²) in [5.41, 5.74) is 0.623. The van der Waals surface area contributed by atoms with Gasteiger partial charge in [-0.3, -0.25) is 0 Å². The Balaban J connectivity index is 0. The van der Waals surface area contributed by atoms with Gasteiger partial charge in [0.05, 0.1) is 0 Å². The fraction of sp³-hybridized carbons (Fsp3) is 1.00. The van der Waals surface area contributed by atoms with Gasteiger partial charge < -0.3 is 0 Å². The molecule has 0 amide bonds. The van der Waals surface area contributed by atoms with Crippen LogP contribution < -0.4 is 0 Å². The predicted octanol–water partition coefficient (Wildman–Crippen LogP) is 10.4. The Hall–Kier alpha value is 0. The number of rotatable bonds is 1. The van der Waals surface area contributed by atoms with Crippen molar-refractivity contribution in [2.24, 2.45) is 40.9 Å². The summed E-state index contributed by atoms with van der Waals surface area (Å²) in [6.07, 6.45) is 13.6. The van der Waals surface area contributed by atoms with Crippen LogP contribution in [0.25, 0.3) is 0 Å². The second-order valence-corrected chi connectivity index (χ2v) is 8.89. The number of hydrogen-bond acceptors (Lipinski definition) is 0. The minimum Gasteiger partial charge on any atom is -0.0683 e.